The number of anilines is 3. The van der Waals surface area contributed by atoms with Gasteiger partial charge in [-0.1, -0.05) is 19.1 Å². The Balaban J connectivity index is 0.00000171. The van der Waals surface area contributed by atoms with E-state index >= 15 is 0 Å². The molecule has 7 nitrogen and oxygen atoms in total. The van der Waals surface area contributed by atoms with Gasteiger partial charge in [0.2, 0.25) is 0 Å². The minimum absolute atomic E-state index is 0. The van der Waals surface area contributed by atoms with Crippen LogP contribution < -0.4 is 11.1 Å². The number of aryl methyl sites for hydroxylation is 1. The topological polar surface area (TPSA) is 94.5 Å². The number of aromatic nitrogens is 5. The summed E-state index contributed by atoms with van der Waals surface area (Å²) in [7, 11) is 0. The highest BCUT2D eigenvalue weighted by atomic mass is 35.5. The molecule has 0 fully saturated rings. The molecule has 0 bridgehead atoms. The zero-order valence-corrected chi connectivity index (χ0v) is 18.5. The van der Waals surface area contributed by atoms with Gasteiger partial charge in [0, 0.05) is 36.1 Å². The average Bonchev–Trinajstić information content (AvgIpc) is 3.15. The van der Waals surface area contributed by atoms with Crippen LogP contribution in [0, 0.1) is 12.7 Å². The Morgan fingerprint density at radius 1 is 1.06 bits per heavy atom. The highest BCUT2D eigenvalue weighted by Crippen LogP contribution is 2.35. The minimum atomic E-state index is -0.277. The molecule has 31 heavy (non-hydrogen) atoms. The van der Waals surface area contributed by atoms with E-state index in [2.05, 4.69) is 25.3 Å². The molecule has 4 rings (SSSR count). The Morgan fingerprint density at radius 3 is 2.42 bits per heavy atom. The summed E-state index contributed by atoms with van der Waals surface area (Å²) in [6.45, 7) is 3.94. The first-order chi connectivity index (χ1) is 14.0. The maximum Gasteiger partial charge on any atom is 0.150 e. The van der Waals surface area contributed by atoms with Gasteiger partial charge in [-0.05, 0) is 24.6 Å². The van der Waals surface area contributed by atoms with Gasteiger partial charge in [-0.15, -0.1) is 24.8 Å². The standard InChI is InChI=1S/C21H20FN7.2ClH/c1-13-11-29(12-26-13)17-9-18(27-19-10-24-7-8-25-19)28-21(23)20(17)14(2)15-3-5-16(22)6-4-15;;/h3-12,14H,1-2H3,(H3,23,25,27,28);2*1H. The van der Waals surface area contributed by atoms with E-state index in [0.29, 0.717) is 17.5 Å². The van der Waals surface area contributed by atoms with Crippen molar-refractivity contribution < 1.29 is 4.39 Å². The number of hydrogen-bond donors (Lipinski definition) is 2. The lowest BCUT2D eigenvalue weighted by atomic mass is 9.92. The smallest absolute Gasteiger partial charge is 0.150 e. The Kier molecular flexibility index (Phi) is 7.90. The monoisotopic (exact) mass is 461 g/mol. The van der Waals surface area contributed by atoms with E-state index in [1.54, 1.807) is 37.1 Å². The highest BCUT2D eigenvalue weighted by Gasteiger charge is 2.20. The Labute approximate surface area is 191 Å². The number of benzene rings is 1. The van der Waals surface area contributed by atoms with Crippen molar-refractivity contribution in [3.05, 3.63) is 84.1 Å². The van der Waals surface area contributed by atoms with Gasteiger partial charge in [-0.2, -0.15) is 0 Å². The molecule has 0 spiro atoms. The summed E-state index contributed by atoms with van der Waals surface area (Å²) >= 11 is 0. The fourth-order valence-corrected chi connectivity index (χ4v) is 3.25. The second-order valence-electron chi connectivity index (χ2n) is 6.74. The van der Waals surface area contributed by atoms with E-state index in [9.17, 15) is 4.39 Å². The Hall–Kier alpha value is -3.23. The summed E-state index contributed by atoms with van der Waals surface area (Å²) in [6, 6.07) is 8.30. The van der Waals surface area contributed by atoms with Crippen molar-refractivity contribution in [2.24, 2.45) is 0 Å². The number of rotatable bonds is 5. The van der Waals surface area contributed by atoms with E-state index in [-0.39, 0.29) is 36.5 Å². The lowest BCUT2D eigenvalue weighted by Gasteiger charge is -2.20. The number of nitrogen functional groups attached to an aromatic ring is 1. The molecule has 3 N–H and O–H groups in total. The molecule has 3 aromatic heterocycles. The van der Waals surface area contributed by atoms with Crippen LogP contribution in [0.2, 0.25) is 0 Å². The van der Waals surface area contributed by atoms with E-state index in [0.717, 1.165) is 22.5 Å². The highest BCUT2D eigenvalue weighted by molar-refractivity contribution is 5.85. The summed E-state index contributed by atoms with van der Waals surface area (Å²) in [4.78, 5) is 17.1. The first-order valence-electron chi connectivity index (χ1n) is 9.11. The molecule has 0 amide bonds. The molecule has 0 aliphatic carbocycles. The van der Waals surface area contributed by atoms with E-state index < -0.39 is 0 Å². The van der Waals surface area contributed by atoms with Crippen molar-refractivity contribution in [2.45, 2.75) is 19.8 Å². The van der Waals surface area contributed by atoms with Crippen molar-refractivity contribution in [3.8, 4) is 5.69 Å². The predicted octanol–water partition coefficient (Wildman–Crippen LogP) is 4.83. The molecule has 162 valence electrons. The number of nitrogens with one attached hydrogen (secondary N) is 1. The van der Waals surface area contributed by atoms with Crippen molar-refractivity contribution in [2.75, 3.05) is 11.1 Å². The quantitative estimate of drug-likeness (QED) is 0.442. The summed E-state index contributed by atoms with van der Waals surface area (Å²) in [5, 5.41) is 3.13. The third kappa shape index (κ3) is 5.28. The van der Waals surface area contributed by atoms with Gasteiger partial charge in [0.1, 0.15) is 23.3 Å². The molecule has 1 atom stereocenters. The van der Waals surface area contributed by atoms with Crippen molar-refractivity contribution in [1.82, 2.24) is 24.5 Å². The first kappa shape index (κ1) is 24.0. The lowest BCUT2D eigenvalue weighted by molar-refractivity contribution is 0.626. The number of halogens is 3. The largest absolute Gasteiger partial charge is 0.383 e. The van der Waals surface area contributed by atoms with E-state index in [4.69, 9.17) is 5.73 Å². The number of pyridine rings is 1. The SMILES string of the molecule is Cc1cn(-c2cc(Nc3cnccn3)nc(N)c2C(C)c2ccc(F)cc2)cn1.Cl.Cl. The number of nitrogens with two attached hydrogens (primary N) is 1. The Morgan fingerprint density at radius 2 is 1.81 bits per heavy atom. The molecule has 1 unspecified atom stereocenters. The van der Waals surface area contributed by atoms with Gasteiger partial charge in [0.15, 0.2) is 0 Å². The number of hydrogen-bond acceptors (Lipinski definition) is 6. The third-order valence-electron chi connectivity index (χ3n) is 4.68. The van der Waals surface area contributed by atoms with Crippen LogP contribution in [0.4, 0.5) is 21.8 Å². The number of imidazole rings is 1. The molecule has 0 radical (unpaired) electrons. The van der Waals surface area contributed by atoms with Gasteiger partial charge in [-0.25, -0.2) is 19.3 Å². The van der Waals surface area contributed by atoms with Crippen LogP contribution >= 0.6 is 24.8 Å². The predicted molar refractivity (Wildman–Crippen MR) is 124 cm³/mol. The average molecular weight is 462 g/mol. The van der Waals surface area contributed by atoms with Crippen molar-refractivity contribution >= 4 is 42.3 Å². The summed E-state index contributed by atoms with van der Waals surface area (Å²) in [5.74, 6) is 1.09. The normalized spacial score (nSPS) is 11.2. The van der Waals surface area contributed by atoms with Crippen molar-refractivity contribution in [1.29, 1.82) is 0 Å². The van der Waals surface area contributed by atoms with Crippen LogP contribution in [0.1, 0.15) is 29.7 Å². The molecule has 0 aliphatic rings. The van der Waals surface area contributed by atoms with E-state index in [1.807, 2.05) is 30.7 Å². The zero-order chi connectivity index (χ0) is 20.4. The molecular weight excluding hydrogens is 440 g/mol. The molecule has 10 heteroatoms. The summed E-state index contributed by atoms with van der Waals surface area (Å²) in [5.41, 5.74) is 9.88. The molecule has 4 aromatic rings. The maximum atomic E-state index is 13.4. The Bertz CT molecular complexity index is 1130. The van der Waals surface area contributed by atoms with Crippen LogP contribution in [-0.4, -0.2) is 24.5 Å². The van der Waals surface area contributed by atoms with Gasteiger partial charge < -0.3 is 15.6 Å². The molecule has 3 heterocycles. The van der Waals surface area contributed by atoms with Crippen LogP contribution in [0.3, 0.4) is 0 Å². The fraction of sp³-hybridized carbons (Fsp3) is 0.143. The molecule has 0 saturated carbocycles. The lowest BCUT2D eigenvalue weighted by Crippen LogP contribution is -2.11. The molecular formula is C21H22Cl2FN7. The summed E-state index contributed by atoms with van der Waals surface area (Å²) < 4.78 is 15.3. The first-order valence-corrected chi connectivity index (χ1v) is 9.11. The maximum absolute atomic E-state index is 13.4. The fourth-order valence-electron chi connectivity index (χ4n) is 3.25. The minimum Gasteiger partial charge on any atom is -0.383 e. The van der Waals surface area contributed by atoms with Crippen molar-refractivity contribution in [3.63, 3.8) is 0 Å². The van der Waals surface area contributed by atoms with Crippen LogP contribution in [0.5, 0.6) is 0 Å². The van der Waals surface area contributed by atoms with Crippen LogP contribution in [0.25, 0.3) is 5.69 Å². The van der Waals surface area contributed by atoms with Gasteiger partial charge in [0.25, 0.3) is 0 Å². The molecule has 0 saturated heterocycles. The number of nitrogens with zero attached hydrogens (tertiary/aromatic N) is 5. The summed E-state index contributed by atoms with van der Waals surface area (Å²) in [6.07, 6.45) is 8.45. The van der Waals surface area contributed by atoms with Gasteiger partial charge in [0.05, 0.1) is 23.9 Å². The van der Waals surface area contributed by atoms with Gasteiger partial charge >= 0.3 is 0 Å². The van der Waals surface area contributed by atoms with Crippen LogP contribution in [0.15, 0.2) is 61.4 Å². The zero-order valence-electron chi connectivity index (χ0n) is 16.9. The second-order valence-corrected chi connectivity index (χ2v) is 6.74. The van der Waals surface area contributed by atoms with E-state index in [1.165, 1.54) is 12.1 Å². The molecule has 0 aliphatic heterocycles. The second kappa shape index (κ2) is 10.2. The van der Waals surface area contributed by atoms with Gasteiger partial charge in [-0.3, -0.25) is 4.98 Å². The van der Waals surface area contributed by atoms with Crippen LogP contribution in [-0.2, 0) is 0 Å². The molecule has 1 aromatic carbocycles. The third-order valence-corrected chi connectivity index (χ3v) is 4.68.